The lowest BCUT2D eigenvalue weighted by atomic mass is 9.97. The largest absolute Gasteiger partial charge is 0.495 e. The molecule has 0 fully saturated rings. The van der Waals surface area contributed by atoms with Crippen LogP contribution in [0.4, 0.5) is 0 Å². The summed E-state index contributed by atoms with van der Waals surface area (Å²) in [5.41, 5.74) is 6.97. The van der Waals surface area contributed by atoms with Crippen LogP contribution in [0.25, 0.3) is 0 Å². The van der Waals surface area contributed by atoms with Crippen LogP contribution < -0.4 is 10.5 Å². The van der Waals surface area contributed by atoms with Crippen LogP contribution in [0.1, 0.15) is 38.4 Å². The summed E-state index contributed by atoms with van der Waals surface area (Å²) in [4.78, 5) is 4.29. The van der Waals surface area contributed by atoms with Gasteiger partial charge in [-0.3, -0.25) is 4.98 Å². The molecule has 0 saturated carbocycles. The normalized spacial score (nSPS) is 14.7. The van der Waals surface area contributed by atoms with Crippen molar-refractivity contribution in [3.05, 3.63) is 24.0 Å². The van der Waals surface area contributed by atoms with E-state index in [4.69, 9.17) is 10.5 Å². The Kier molecular flexibility index (Phi) is 4.56. The summed E-state index contributed by atoms with van der Waals surface area (Å²) in [5.74, 6) is 1.40. The molecule has 0 amide bonds. The number of nitrogens with two attached hydrogens (primary N) is 1. The minimum absolute atomic E-state index is 0.0314. The summed E-state index contributed by atoms with van der Waals surface area (Å²) in [6.45, 7) is 4.38. The number of methoxy groups -OCH3 is 1. The Morgan fingerprint density at radius 2 is 2.27 bits per heavy atom. The summed E-state index contributed by atoms with van der Waals surface area (Å²) in [7, 11) is 1.65. The lowest BCUT2D eigenvalue weighted by Crippen LogP contribution is -2.16. The van der Waals surface area contributed by atoms with Crippen molar-refractivity contribution < 1.29 is 4.74 Å². The zero-order valence-electron chi connectivity index (χ0n) is 9.73. The fourth-order valence-corrected chi connectivity index (χ4v) is 1.57. The molecule has 2 unspecified atom stereocenters. The van der Waals surface area contributed by atoms with Crippen molar-refractivity contribution in [3.63, 3.8) is 0 Å². The summed E-state index contributed by atoms with van der Waals surface area (Å²) < 4.78 is 5.24. The predicted octanol–water partition coefficient (Wildman–Crippen LogP) is 2.53. The predicted molar refractivity (Wildman–Crippen MR) is 61.8 cm³/mol. The highest BCUT2D eigenvalue weighted by Gasteiger charge is 2.15. The summed E-state index contributed by atoms with van der Waals surface area (Å²) in [6.07, 6.45) is 3.85. The second kappa shape index (κ2) is 5.71. The Labute approximate surface area is 91.7 Å². The van der Waals surface area contributed by atoms with E-state index in [-0.39, 0.29) is 6.04 Å². The first-order chi connectivity index (χ1) is 7.19. The van der Waals surface area contributed by atoms with E-state index < -0.39 is 0 Å². The van der Waals surface area contributed by atoms with Gasteiger partial charge in [0.15, 0.2) is 0 Å². The van der Waals surface area contributed by atoms with Gasteiger partial charge in [-0.05, 0) is 24.5 Å². The zero-order chi connectivity index (χ0) is 11.3. The van der Waals surface area contributed by atoms with Gasteiger partial charge in [0.25, 0.3) is 0 Å². The molecule has 0 aliphatic rings. The first-order valence-corrected chi connectivity index (χ1v) is 5.43. The van der Waals surface area contributed by atoms with Crippen molar-refractivity contribution in [2.75, 3.05) is 7.11 Å². The number of nitrogens with zero attached hydrogens (tertiary/aromatic N) is 1. The van der Waals surface area contributed by atoms with Crippen molar-refractivity contribution in [3.8, 4) is 5.75 Å². The maximum atomic E-state index is 6.11. The number of rotatable bonds is 5. The SMILES string of the molecule is CCC(C)CC(N)c1ncccc1OC. The highest BCUT2D eigenvalue weighted by Crippen LogP contribution is 2.25. The average Bonchev–Trinajstić information content (AvgIpc) is 2.28. The van der Waals surface area contributed by atoms with Crippen LogP contribution in [0, 0.1) is 5.92 Å². The molecule has 0 aliphatic carbocycles. The molecule has 2 atom stereocenters. The molecular formula is C12H20N2O. The third-order valence-corrected chi connectivity index (χ3v) is 2.72. The van der Waals surface area contributed by atoms with Gasteiger partial charge in [-0.15, -0.1) is 0 Å². The molecule has 0 saturated heterocycles. The molecule has 1 heterocycles. The second-order valence-corrected chi connectivity index (χ2v) is 3.95. The Bertz CT molecular complexity index is 301. The van der Waals surface area contributed by atoms with Crippen LogP contribution in [0.3, 0.4) is 0 Å². The molecule has 0 aromatic carbocycles. The molecule has 3 nitrogen and oxygen atoms in total. The molecule has 0 bridgehead atoms. The number of hydrogen-bond acceptors (Lipinski definition) is 3. The smallest absolute Gasteiger partial charge is 0.141 e. The van der Waals surface area contributed by atoms with E-state index in [1.54, 1.807) is 13.3 Å². The molecule has 1 rings (SSSR count). The molecule has 0 spiro atoms. The lowest BCUT2D eigenvalue weighted by molar-refractivity contribution is 0.390. The Hall–Kier alpha value is -1.09. The first kappa shape index (κ1) is 12.0. The van der Waals surface area contributed by atoms with Crippen molar-refractivity contribution in [2.45, 2.75) is 32.7 Å². The molecule has 0 aliphatic heterocycles. The lowest BCUT2D eigenvalue weighted by Gasteiger charge is -2.17. The maximum absolute atomic E-state index is 6.11. The number of hydrogen-bond donors (Lipinski definition) is 1. The van der Waals surface area contributed by atoms with Crippen LogP contribution in [-0.2, 0) is 0 Å². The van der Waals surface area contributed by atoms with E-state index in [2.05, 4.69) is 18.8 Å². The van der Waals surface area contributed by atoms with Crippen molar-refractivity contribution in [1.29, 1.82) is 0 Å². The first-order valence-electron chi connectivity index (χ1n) is 5.43. The quantitative estimate of drug-likeness (QED) is 0.808. The van der Waals surface area contributed by atoms with Gasteiger partial charge in [-0.2, -0.15) is 0 Å². The fraction of sp³-hybridized carbons (Fsp3) is 0.583. The molecule has 84 valence electrons. The summed E-state index contributed by atoms with van der Waals surface area (Å²) in [6, 6.07) is 3.73. The highest BCUT2D eigenvalue weighted by molar-refractivity contribution is 5.29. The van der Waals surface area contributed by atoms with E-state index in [0.29, 0.717) is 5.92 Å². The Morgan fingerprint density at radius 1 is 1.53 bits per heavy atom. The molecule has 0 radical (unpaired) electrons. The van der Waals surface area contributed by atoms with Gasteiger partial charge in [0, 0.05) is 6.20 Å². The molecular weight excluding hydrogens is 188 g/mol. The van der Waals surface area contributed by atoms with Gasteiger partial charge in [0.1, 0.15) is 5.75 Å². The van der Waals surface area contributed by atoms with Crippen molar-refractivity contribution in [2.24, 2.45) is 11.7 Å². The zero-order valence-corrected chi connectivity index (χ0v) is 9.73. The van der Waals surface area contributed by atoms with E-state index >= 15 is 0 Å². The van der Waals surface area contributed by atoms with Gasteiger partial charge < -0.3 is 10.5 Å². The number of ether oxygens (including phenoxy) is 1. The van der Waals surface area contributed by atoms with Gasteiger partial charge in [0.2, 0.25) is 0 Å². The van der Waals surface area contributed by atoms with Crippen molar-refractivity contribution in [1.82, 2.24) is 4.98 Å². The van der Waals surface area contributed by atoms with E-state index in [1.807, 2.05) is 12.1 Å². The summed E-state index contributed by atoms with van der Waals surface area (Å²) >= 11 is 0. The van der Waals surface area contributed by atoms with Gasteiger partial charge >= 0.3 is 0 Å². The topological polar surface area (TPSA) is 48.1 Å². The fourth-order valence-electron chi connectivity index (χ4n) is 1.57. The minimum atomic E-state index is -0.0314. The van der Waals surface area contributed by atoms with Crippen LogP contribution in [-0.4, -0.2) is 12.1 Å². The van der Waals surface area contributed by atoms with E-state index in [9.17, 15) is 0 Å². The van der Waals surface area contributed by atoms with Crippen molar-refractivity contribution >= 4 is 0 Å². The molecule has 1 aromatic rings. The Morgan fingerprint density at radius 3 is 2.87 bits per heavy atom. The standard InChI is InChI=1S/C12H20N2O/c1-4-9(2)8-10(13)12-11(15-3)6-5-7-14-12/h5-7,9-10H,4,8,13H2,1-3H3. The molecule has 15 heavy (non-hydrogen) atoms. The molecule has 1 aromatic heterocycles. The van der Waals surface area contributed by atoms with E-state index in [1.165, 1.54) is 0 Å². The third-order valence-electron chi connectivity index (χ3n) is 2.72. The Balaban J connectivity index is 2.76. The van der Waals surface area contributed by atoms with Gasteiger partial charge in [0.05, 0.1) is 18.8 Å². The average molecular weight is 208 g/mol. The monoisotopic (exact) mass is 208 g/mol. The molecule has 2 N–H and O–H groups in total. The van der Waals surface area contributed by atoms with E-state index in [0.717, 1.165) is 24.3 Å². The van der Waals surface area contributed by atoms with Crippen LogP contribution in [0.5, 0.6) is 5.75 Å². The van der Waals surface area contributed by atoms with Gasteiger partial charge in [-0.25, -0.2) is 0 Å². The molecule has 3 heteroatoms. The highest BCUT2D eigenvalue weighted by atomic mass is 16.5. The number of aromatic nitrogens is 1. The van der Waals surface area contributed by atoms with Crippen LogP contribution in [0.2, 0.25) is 0 Å². The van der Waals surface area contributed by atoms with Crippen LogP contribution >= 0.6 is 0 Å². The third kappa shape index (κ3) is 3.20. The minimum Gasteiger partial charge on any atom is -0.495 e. The maximum Gasteiger partial charge on any atom is 0.141 e. The number of pyridine rings is 1. The van der Waals surface area contributed by atoms with Crippen LogP contribution in [0.15, 0.2) is 18.3 Å². The van der Waals surface area contributed by atoms with Gasteiger partial charge in [-0.1, -0.05) is 20.3 Å². The second-order valence-electron chi connectivity index (χ2n) is 3.95. The summed E-state index contributed by atoms with van der Waals surface area (Å²) in [5, 5.41) is 0.